The number of hydrogen-bond acceptors (Lipinski definition) is 4. The van der Waals surface area contributed by atoms with Crippen LogP contribution in [0.25, 0.3) is 10.9 Å². The molecular weight excluding hydrogens is 362 g/mol. The van der Waals surface area contributed by atoms with Gasteiger partial charge in [-0.2, -0.15) is 0 Å². The molecule has 0 spiro atoms. The van der Waals surface area contributed by atoms with Crippen LogP contribution in [0, 0.1) is 18.8 Å². The number of amides is 1. The average molecular weight is 390 g/mol. The van der Waals surface area contributed by atoms with E-state index in [4.69, 9.17) is 0 Å². The Labute approximate surface area is 171 Å². The number of nitrogens with one attached hydrogen (secondary N) is 1. The fraction of sp³-hybridized carbons (Fsp3) is 0.435. The molecule has 2 fully saturated rings. The Morgan fingerprint density at radius 1 is 1.17 bits per heavy atom. The molecule has 1 N–H and O–H groups in total. The van der Waals surface area contributed by atoms with E-state index in [1.54, 1.807) is 0 Å². The van der Waals surface area contributed by atoms with Crippen molar-refractivity contribution in [1.82, 2.24) is 19.9 Å². The molecule has 2 aliphatic rings. The van der Waals surface area contributed by atoms with Gasteiger partial charge in [0.1, 0.15) is 11.6 Å². The van der Waals surface area contributed by atoms with Gasteiger partial charge in [0.15, 0.2) is 0 Å². The van der Waals surface area contributed by atoms with E-state index in [1.807, 2.05) is 25.4 Å². The molecule has 2 atom stereocenters. The maximum absolute atomic E-state index is 12.9. The Morgan fingerprint density at radius 2 is 2.07 bits per heavy atom. The van der Waals surface area contributed by atoms with Crippen LogP contribution in [0.5, 0.6) is 0 Å². The number of rotatable bonds is 4. The SMILES string of the molecule is Cc1nccc(N2C[C@H]3CN(C(=O)CCc4ccc5[nH]ccc5c4)CC[C@H]3C2)n1. The summed E-state index contributed by atoms with van der Waals surface area (Å²) in [6.45, 7) is 5.71. The lowest BCUT2D eigenvalue weighted by atomic mass is 9.88. The van der Waals surface area contributed by atoms with Crippen molar-refractivity contribution in [3.63, 3.8) is 0 Å². The summed E-state index contributed by atoms with van der Waals surface area (Å²) in [6.07, 6.45) is 6.27. The monoisotopic (exact) mass is 389 g/mol. The number of nitrogens with zero attached hydrogens (tertiary/aromatic N) is 4. The molecule has 1 aromatic carbocycles. The van der Waals surface area contributed by atoms with Crippen molar-refractivity contribution in [3.8, 4) is 0 Å². The van der Waals surface area contributed by atoms with Crippen molar-refractivity contribution in [3.05, 3.63) is 54.1 Å². The van der Waals surface area contributed by atoms with Crippen LogP contribution < -0.4 is 4.90 Å². The van der Waals surface area contributed by atoms with E-state index >= 15 is 0 Å². The second-order valence-corrected chi connectivity index (χ2v) is 8.41. The Kier molecular flexibility index (Phi) is 4.70. The number of anilines is 1. The van der Waals surface area contributed by atoms with E-state index < -0.39 is 0 Å². The fourth-order valence-electron chi connectivity index (χ4n) is 4.87. The molecule has 2 aliphatic heterocycles. The summed E-state index contributed by atoms with van der Waals surface area (Å²) in [4.78, 5) is 29.3. The Bertz CT molecular complexity index is 1030. The molecule has 0 bridgehead atoms. The lowest BCUT2D eigenvalue weighted by Crippen LogP contribution is -2.43. The third kappa shape index (κ3) is 3.71. The van der Waals surface area contributed by atoms with Crippen LogP contribution in [0.15, 0.2) is 42.7 Å². The number of aryl methyl sites for hydroxylation is 2. The lowest BCUT2D eigenvalue weighted by Gasteiger charge is -2.34. The molecular formula is C23H27N5O. The lowest BCUT2D eigenvalue weighted by molar-refractivity contribution is -0.133. The van der Waals surface area contributed by atoms with Gasteiger partial charge in [0, 0.05) is 50.5 Å². The number of aromatic amines is 1. The van der Waals surface area contributed by atoms with E-state index in [-0.39, 0.29) is 5.91 Å². The third-order valence-electron chi connectivity index (χ3n) is 6.48. The number of carbonyl (C=O) groups is 1. The summed E-state index contributed by atoms with van der Waals surface area (Å²) in [6, 6.07) is 10.5. The van der Waals surface area contributed by atoms with Crippen molar-refractivity contribution < 1.29 is 4.79 Å². The maximum atomic E-state index is 12.9. The molecule has 6 heteroatoms. The molecule has 150 valence electrons. The fourth-order valence-corrected chi connectivity index (χ4v) is 4.87. The number of aromatic nitrogens is 3. The van der Waals surface area contributed by atoms with E-state index in [1.165, 1.54) is 10.9 Å². The highest BCUT2D eigenvalue weighted by atomic mass is 16.2. The van der Waals surface area contributed by atoms with E-state index in [0.29, 0.717) is 18.3 Å². The van der Waals surface area contributed by atoms with Crippen LogP contribution in [0.3, 0.4) is 0 Å². The number of carbonyl (C=O) groups excluding carboxylic acids is 1. The maximum Gasteiger partial charge on any atom is 0.222 e. The predicted octanol–water partition coefficient (Wildman–Crippen LogP) is 3.18. The molecule has 5 rings (SSSR count). The first kappa shape index (κ1) is 18.2. The summed E-state index contributed by atoms with van der Waals surface area (Å²) in [7, 11) is 0. The molecule has 0 saturated carbocycles. The molecule has 0 unspecified atom stereocenters. The number of piperidine rings is 1. The summed E-state index contributed by atoms with van der Waals surface area (Å²) in [5.41, 5.74) is 2.37. The van der Waals surface area contributed by atoms with Crippen molar-refractivity contribution in [2.75, 3.05) is 31.1 Å². The second kappa shape index (κ2) is 7.50. The van der Waals surface area contributed by atoms with Crippen LogP contribution in [0.2, 0.25) is 0 Å². The third-order valence-corrected chi connectivity index (χ3v) is 6.48. The standard InChI is InChI=1S/C23H27N5O/c1-16-24-10-7-22(26-16)28-13-19-8-11-27(14-20(19)15-28)23(29)5-3-17-2-4-21-18(12-17)6-9-25-21/h2,4,6-7,9-10,12,19-20,25H,3,5,8,11,13-15H2,1H3/t19-,20+/m0/s1. The highest BCUT2D eigenvalue weighted by Gasteiger charge is 2.38. The molecule has 6 nitrogen and oxygen atoms in total. The van der Waals surface area contributed by atoms with Gasteiger partial charge in [0.05, 0.1) is 0 Å². The Morgan fingerprint density at radius 3 is 2.97 bits per heavy atom. The summed E-state index contributed by atoms with van der Waals surface area (Å²) in [5, 5.41) is 1.21. The average Bonchev–Trinajstić information content (AvgIpc) is 3.37. The van der Waals surface area contributed by atoms with Gasteiger partial charge in [-0.1, -0.05) is 6.07 Å². The number of H-pyrrole nitrogens is 1. The van der Waals surface area contributed by atoms with Crippen LogP contribution >= 0.6 is 0 Å². The van der Waals surface area contributed by atoms with Gasteiger partial charge in [-0.25, -0.2) is 9.97 Å². The second-order valence-electron chi connectivity index (χ2n) is 8.41. The molecule has 2 saturated heterocycles. The number of likely N-dealkylation sites (tertiary alicyclic amines) is 1. The molecule has 0 aliphatic carbocycles. The van der Waals surface area contributed by atoms with Crippen molar-refractivity contribution in [2.24, 2.45) is 11.8 Å². The van der Waals surface area contributed by atoms with E-state index in [9.17, 15) is 4.79 Å². The largest absolute Gasteiger partial charge is 0.361 e. The van der Waals surface area contributed by atoms with Crippen molar-refractivity contribution >= 4 is 22.6 Å². The first-order valence-corrected chi connectivity index (χ1v) is 10.5. The van der Waals surface area contributed by atoms with Gasteiger partial charge in [0.2, 0.25) is 5.91 Å². The summed E-state index contributed by atoms with van der Waals surface area (Å²) >= 11 is 0. The van der Waals surface area contributed by atoms with Crippen LogP contribution in [-0.4, -0.2) is 51.9 Å². The number of benzene rings is 1. The normalized spacial score (nSPS) is 21.6. The zero-order chi connectivity index (χ0) is 19.8. The molecule has 4 heterocycles. The molecule has 2 aromatic heterocycles. The topological polar surface area (TPSA) is 65.1 Å². The Hall–Kier alpha value is -2.89. The van der Waals surface area contributed by atoms with Crippen LogP contribution in [0.1, 0.15) is 24.2 Å². The summed E-state index contributed by atoms with van der Waals surface area (Å²) < 4.78 is 0. The zero-order valence-electron chi connectivity index (χ0n) is 16.8. The first-order chi connectivity index (χ1) is 14.2. The number of hydrogen-bond donors (Lipinski definition) is 1. The van der Waals surface area contributed by atoms with Crippen LogP contribution in [-0.2, 0) is 11.2 Å². The van der Waals surface area contributed by atoms with Gasteiger partial charge in [-0.05, 0) is 66.8 Å². The summed E-state index contributed by atoms with van der Waals surface area (Å²) in [5.74, 6) is 3.32. The highest BCUT2D eigenvalue weighted by molar-refractivity contribution is 5.80. The van der Waals surface area contributed by atoms with Crippen molar-refractivity contribution in [1.29, 1.82) is 0 Å². The van der Waals surface area contributed by atoms with Gasteiger partial charge < -0.3 is 14.8 Å². The van der Waals surface area contributed by atoms with E-state index in [2.05, 4.69) is 49.0 Å². The number of fused-ring (bicyclic) bond motifs is 2. The first-order valence-electron chi connectivity index (χ1n) is 10.5. The minimum Gasteiger partial charge on any atom is -0.361 e. The molecule has 29 heavy (non-hydrogen) atoms. The zero-order valence-corrected chi connectivity index (χ0v) is 16.8. The van der Waals surface area contributed by atoms with Gasteiger partial charge in [-0.15, -0.1) is 0 Å². The quantitative estimate of drug-likeness (QED) is 0.744. The minimum atomic E-state index is 0.286. The van der Waals surface area contributed by atoms with Crippen molar-refractivity contribution in [2.45, 2.75) is 26.2 Å². The predicted molar refractivity (Wildman–Crippen MR) is 114 cm³/mol. The minimum absolute atomic E-state index is 0.286. The van der Waals surface area contributed by atoms with Gasteiger partial charge in [-0.3, -0.25) is 4.79 Å². The van der Waals surface area contributed by atoms with Gasteiger partial charge in [0.25, 0.3) is 0 Å². The van der Waals surface area contributed by atoms with Crippen LogP contribution in [0.4, 0.5) is 5.82 Å². The van der Waals surface area contributed by atoms with E-state index in [0.717, 1.165) is 56.2 Å². The molecule has 1 amide bonds. The smallest absolute Gasteiger partial charge is 0.222 e. The van der Waals surface area contributed by atoms with Gasteiger partial charge >= 0.3 is 0 Å². The Balaban J connectivity index is 1.18. The molecule has 0 radical (unpaired) electrons. The highest BCUT2D eigenvalue weighted by Crippen LogP contribution is 2.33. The molecule has 3 aromatic rings.